The lowest BCUT2D eigenvalue weighted by Crippen LogP contribution is -2.17. The highest BCUT2D eigenvalue weighted by Crippen LogP contribution is 2.32. The fourth-order valence-corrected chi connectivity index (χ4v) is 1.47. The van der Waals surface area contributed by atoms with E-state index in [9.17, 15) is 17.6 Å². The van der Waals surface area contributed by atoms with E-state index in [1.54, 1.807) is 0 Å². The van der Waals surface area contributed by atoms with Gasteiger partial charge < -0.3 is 15.2 Å². The van der Waals surface area contributed by atoms with Crippen molar-refractivity contribution in [2.75, 3.05) is 13.8 Å². The molecular formula is C11H14ClF4NO2. The van der Waals surface area contributed by atoms with Gasteiger partial charge in [0.15, 0.2) is 0 Å². The number of nitrogens with two attached hydrogens (primary N) is 1. The monoisotopic (exact) mass is 303 g/mol. The number of benzene rings is 1. The molecule has 0 amide bonds. The van der Waals surface area contributed by atoms with Crippen LogP contribution in [0.1, 0.15) is 18.0 Å². The first-order chi connectivity index (χ1) is 8.37. The van der Waals surface area contributed by atoms with Crippen LogP contribution in [0.4, 0.5) is 17.6 Å². The molecule has 19 heavy (non-hydrogen) atoms. The summed E-state index contributed by atoms with van der Waals surface area (Å²) in [4.78, 5) is 0. The van der Waals surface area contributed by atoms with Crippen LogP contribution < -0.4 is 15.2 Å². The summed E-state index contributed by atoms with van der Waals surface area (Å²) in [6, 6.07) is 2.88. The standard InChI is InChI=1S/C11H13F4NO2.ClH/c1-17-10-6-7(18-11(13,14)15)2-3-8(10)9(16)4-5-12;/h2-3,6,9H,4-5,16H2,1H3;1H/t9-;/m1./s1. The molecule has 0 aromatic heterocycles. The lowest BCUT2D eigenvalue weighted by Gasteiger charge is -2.16. The van der Waals surface area contributed by atoms with Gasteiger partial charge in [-0.15, -0.1) is 25.6 Å². The first-order valence-electron chi connectivity index (χ1n) is 5.12. The largest absolute Gasteiger partial charge is 0.573 e. The summed E-state index contributed by atoms with van der Waals surface area (Å²) in [6.45, 7) is -0.620. The van der Waals surface area contributed by atoms with Gasteiger partial charge in [0.25, 0.3) is 0 Å². The van der Waals surface area contributed by atoms with Crippen molar-refractivity contribution in [1.82, 2.24) is 0 Å². The molecule has 1 rings (SSSR count). The second-order valence-corrected chi connectivity index (χ2v) is 3.54. The van der Waals surface area contributed by atoms with Crippen molar-refractivity contribution in [3.05, 3.63) is 23.8 Å². The lowest BCUT2D eigenvalue weighted by atomic mass is 10.0. The van der Waals surface area contributed by atoms with Gasteiger partial charge in [-0.1, -0.05) is 6.07 Å². The fourth-order valence-electron chi connectivity index (χ4n) is 1.47. The van der Waals surface area contributed by atoms with Crippen LogP contribution in [0, 0.1) is 0 Å². The van der Waals surface area contributed by atoms with Crippen LogP contribution in [0.3, 0.4) is 0 Å². The number of hydrogen-bond acceptors (Lipinski definition) is 3. The zero-order valence-corrected chi connectivity index (χ0v) is 10.9. The molecule has 110 valence electrons. The first kappa shape index (κ1) is 17.8. The SMILES string of the molecule is COc1cc(OC(F)(F)F)ccc1[C@H](N)CCF.Cl. The minimum Gasteiger partial charge on any atom is -0.496 e. The molecule has 0 aliphatic carbocycles. The van der Waals surface area contributed by atoms with E-state index in [1.807, 2.05) is 0 Å². The summed E-state index contributed by atoms with van der Waals surface area (Å²) < 4.78 is 56.9. The first-order valence-corrected chi connectivity index (χ1v) is 5.12. The molecule has 0 saturated carbocycles. The van der Waals surface area contributed by atoms with Crippen molar-refractivity contribution in [3.63, 3.8) is 0 Å². The number of halogens is 5. The van der Waals surface area contributed by atoms with Crippen molar-refractivity contribution in [3.8, 4) is 11.5 Å². The number of rotatable bonds is 5. The molecule has 1 aromatic rings. The molecular weight excluding hydrogens is 290 g/mol. The van der Waals surface area contributed by atoms with Gasteiger partial charge in [0.1, 0.15) is 11.5 Å². The zero-order valence-electron chi connectivity index (χ0n) is 10.0. The lowest BCUT2D eigenvalue weighted by molar-refractivity contribution is -0.274. The molecule has 8 heteroatoms. The molecule has 0 fully saturated rings. The summed E-state index contributed by atoms with van der Waals surface area (Å²) in [5.41, 5.74) is 6.11. The molecule has 0 radical (unpaired) electrons. The van der Waals surface area contributed by atoms with E-state index in [1.165, 1.54) is 13.2 Å². The minimum absolute atomic E-state index is 0. The molecule has 0 aliphatic rings. The van der Waals surface area contributed by atoms with Crippen LogP contribution in [0.5, 0.6) is 11.5 Å². The van der Waals surface area contributed by atoms with Crippen molar-refractivity contribution in [2.45, 2.75) is 18.8 Å². The Labute approximate surface area is 114 Å². The maximum absolute atomic E-state index is 12.2. The van der Waals surface area contributed by atoms with Gasteiger partial charge >= 0.3 is 6.36 Å². The van der Waals surface area contributed by atoms with Gasteiger partial charge in [-0.25, -0.2) is 0 Å². The normalized spacial score (nSPS) is 12.5. The van der Waals surface area contributed by atoms with Crippen LogP contribution in [0.25, 0.3) is 0 Å². The Hall–Kier alpha value is -1.21. The number of alkyl halides is 4. The Morgan fingerprint density at radius 3 is 2.42 bits per heavy atom. The molecule has 1 atom stereocenters. The average molecular weight is 304 g/mol. The van der Waals surface area contributed by atoms with Crippen LogP contribution >= 0.6 is 12.4 Å². The third-order valence-corrected chi connectivity index (χ3v) is 2.26. The summed E-state index contributed by atoms with van der Waals surface area (Å²) in [7, 11) is 1.29. The molecule has 0 saturated heterocycles. The zero-order chi connectivity index (χ0) is 13.8. The van der Waals surface area contributed by atoms with Gasteiger partial charge in [0.2, 0.25) is 0 Å². The van der Waals surface area contributed by atoms with Gasteiger partial charge in [0.05, 0.1) is 13.8 Å². The Bertz CT molecular complexity index is 401. The quantitative estimate of drug-likeness (QED) is 0.848. The van der Waals surface area contributed by atoms with E-state index >= 15 is 0 Å². The molecule has 0 aliphatic heterocycles. The maximum atomic E-state index is 12.2. The third kappa shape index (κ3) is 5.52. The predicted octanol–water partition coefficient (Wildman–Crippen LogP) is 3.38. The highest BCUT2D eigenvalue weighted by Gasteiger charge is 2.31. The van der Waals surface area contributed by atoms with Crippen LogP contribution in [-0.2, 0) is 0 Å². The average Bonchev–Trinajstić information content (AvgIpc) is 2.27. The van der Waals surface area contributed by atoms with E-state index < -0.39 is 24.8 Å². The summed E-state index contributed by atoms with van der Waals surface area (Å²) >= 11 is 0. The highest BCUT2D eigenvalue weighted by atomic mass is 35.5. The Balaban J connectivity index is 0.00000324. The van der Waals surface area contributed by atoms with Crippen LogP contribution in [0.15, 0.2) is 18.2 Å². The minimum atomic E-state index is -4.77. The second-order valence-electron chi connectivity index (χ2n) is 3.54. The number of methoxy groups -OCH3 is 1. The second kappa shape index (κ2) is 7.40. The van der Waals surface area contributed by atoms with E-state index in [0.717, 1.165) is 12.1 Å². The van der Waals surface area contributed by atoms with Crippen LogP contribution in [-0.4, -0.2) is 20.1 Å². The Morgan fingerprint density at radius 1 is 1.32 bits per heavy atom. The van der Waals surface area contributed by atoms with E-state index in [0.29, 0.717) is 5.56 Å². The van der Waals surface area contributed by atoms with Crippen molar-refractivity contribution >= 4 is 12.4 Å². The van der Waals surface area contributed by atoms with Gasteiger partial charge in [-0.2, -0.15) is 0 Å². The molecule has 1 aromatic carbocycles. The molecule has 0 unspecified atom stereocenters. The highest BCUT2D eigenvalue weighted by molar-refractivity contribution is 5.85. The molecule has 0 heterocycles. The van der Waals surface area contributed by atoms with Gasteiger partial charge in [0, 0.05) is 17.7 Å². The molecule has 2 N–H and O–H groups in total. The topological polar surface area (TPSA) is 44.5 Å². The molecule has 0 spiro atoms. The predicted molar refractivity (Wildman–Crippen MR) is 64.4 cm³/mol. The number of hydrogen-bond donors (Lipinski definition) is 1. The summed E-state index contributed by atoms with van der Waals surface area (Å²) in [6.07, 6.45) is -4.70. The molecule has 0 bridgehead atoms. The van der Waals surface area contributed by atoms with Crippen LogP contribution in [0.2, 0.25) is 0 Å². The molecule has 3 nitrogen and oxygen atoms in total. The van der Waals surface area contributed by atoms with Gasteiger partial charge in [-0.05, 0) is 12.5 Å². The smallest absolute Gasteiger partial charge is 0.496 e. The third-order valence-electron chi connectivity index (χ3n) is 2.26. The fraction of sp³-hybridized carbons (Fsp3) is 0.455. The Morgan fingerprint density at radius 2 is 1.95 bits per heavy atom. The Kier molecular flexibility index (Phi) is 6.93. The van der Waals surface area contributed by atoms with Crippen molar-refractivity contribution < 1.29 is 27.0 Å². The van der Waals surface area contributed by atoms with E-state index in [4.69, 9.17) is 10.5 Å². The number of ether oxygens (including phenoxy) is 2. The summed E-state index contributed by atoms with van der Waals surface area (Å²) in [5.74, 6) is -0.270. The van der Waals surface area contributed by atoms with Crippen molar-refractivity contribution in [2.24, 2.45) is 5.73 Å². The maximum Gasteiger partial charge on any atom is 0.573 e. The van der Waals surface area contributed by atoms with Gasteiger partial charge in [-0.3, -0.25) is 4.39 Å². The summed E-state index contributed by atoms with van der Waals surface area (Å²) in [5, 5.41) is 0. The van der Waals surface area contributed by atoms with E-state index in [2.05, 4.69) is 4.74 Å². The van der Waals surface area contributed by atoms with E-state index in [-0.39, 0.29) is 24.6 Å². The van der Waals surface area contributed by atoms with Crippen molar-refractivity contribution in [1.29, 1.82) is 0 Å².